The van der Waals surface area contributed by atoms with E-state index < -0.39 is 24.2 Å². The molecule has 2 N–H and O–H groups in total. The summed E-state index contributed by atoms with van der Waals surface area (Å²) < 4.78 is 34.2. The third-order valence-corrected chi connectivity index (χ3v) is 16.9. The molecule has 0 bridgehead atoms. The fraction of sp³-hybridized carbons (Fsp3) is 0.479. The van der Waals surface area contributed by atoms with Crippen molar-refractivity contribution in [1.29, 1.82) is 0 Å². The number of unbranched alkanes of at least 4 members (excludes halogenated alkanes) is 8. The van der Waals surface area contributed by atoms with Crippen molar-refractivity contribution in [2.24, 2.45) is 5.11 Å². The molecule has 0 aliphatic carbocycles. The van der Waals surface area contributed by atoms with Gasteiger partial charge in [0.05, 0.1) is 17.5 Å². The molecule has 61 heavy (non-hydrogen) atoms. The highest BCUT2D eigenvalue weighted by atomic mass is 32.2. The van der Waals surface area contributed by atoms with Gasteiger partial charge in [-0.2, -0.15) is 0 Å². The fourth-order valence-electron chi connectivity index (χ4n) is 6.32. The van der Waals surface area contributed by atoms with E-state index in [0.29, 0.717) is 42.6 Å². The maximum Gasteiger partial charge on any atom is 0.264 e. The Balaban J connectivity index is 1.21. The van der Waals surface area contributed by atoms with E-state index in [4.69, 9.17) is 9.96 Å². The molecule has 0 saturated carbocycles. The molecule has 0 heterocycles. The molecule has 0 unspecified atom stereocenters. The Kier molecular flexibility index (Phi) is 22.0. The van der Waals surface area contributed by atoms with Crippen LogP contribution in [-0.4, -0.2) is 47.0 Å². The normalized spacial score (nSPS) is 12.6. The van der Waals surface area contributed by atoms with Crippen LogP contribution in [0.15, 0.2) is 113 Å². The summed E-state index contributed by atoms with van der Waals surface area (Å²) in [6.45, 7) is 11.5. The number of anilines is 1. The van der Waals surface area contributed by atoms with Crippen LogP contribution in [-0.2, 0) is 30.5 Å². The predicted octanol–water partition coefficient (Wildman–Crippen LogP) is 12.2. The van der Waals surface area contributed by atoms with Gasteiger partial charge in [-0.25, -0.2) is 13.1 Å². The van der Waals surface area contributed by atoms with E-state index in [1.54, 1.807) is 24.3 Å². The number of nitrogens with one attached hydrogen (secondary N) is 2. The van der Waals surface area contributed by atoms with Crippen LogP contribution in [0, 0.1) is 0 Å². The maximum absolute atomic E-state index is 12.8. The Morgan fingerprint density at radius 2 is 1.30 bits per heavy atom. The highest BCUT2D eigenvalue weighted by Crippen LogP contribution is 2.38. The van der Waals surface area contributed by atoms with Crippen molar-refractivity contribution in [2.75, 3.05) is 11.9 Å². The number of aryl methyl sites for hydroxylation is 1. The molecule has 2 amide bonds. The van der Waals surface area contributed by atoms with Crippen LogP contribution in [0.25, 0.3) is 10.4 Å². The highest BCUT2D eigenvalue weighted by molar-refractivity contribution is 7.90. The number of amides is 2. The molecule has 0 saturated heterocycles. The minimum atomic E-state index is -4.04. The van der Waals surface area contributed by atoms with E-state index in [-0.39, 0.29) is 40.6 Å². The van der Waals surface area contributed by atoms with Crippen LogP contribution in [0.5, 0.6) is 0 Å². The Morgan fingerprint density at radius 1 is 0.738 bits per heavy atom. The third-order valence-electron chi connectivity index (χ3n) is 11.0. The largest absolute Gasteiger partial charge is 0.414 e. The van der Waals surface area contributed by atoms with Gasteiger partial charge in [-0.15, -0.1) is 0 Å². The smallest absolute Gasteiger partial charge is 0.264 e. The number of allylic oxidation sites excluding steroid dienone is 4. The van der Waals surface area contributed by atoms with Crippen molar-refractivity contribution >= 4 is 41.6 Å². The lowest BCUT2D eigenvalue weighted by molar-refractivity contribution is -0.119. The van der Waals surface area contributed by atoms with Gasteiger partial charge in [0.1, 0.15) is 0 Å². The summed E-state index contributed by atoms with van der Waals surface area (Å²) >= 11 is 0. The molecular weight excluding hydrogens is 803 g/mol. The molecule has 0 radical (unpaired) electrons. The number of nitrogens with zero attached hydrogens (tertiary/aromatic N) is 3. The van der Waals surface area contributed by atoms with Gasteiger partial charge in [-0.05, 0) is 118 Å². The molecule has 3 aromatic rings. The van der Waals surface area contributed by atoms with Crippen LogP contribution < -0.4 is 10.0 Å². The van der Waals surface area contributed by atoms with Gasteiger partial charge in [0.15, 0.2) is 14.1 Å². The number of hydrogen-bond donors (Lipinski definition) is 2. The molecule has 3 rings (SSSR count). The molecule has 0 aromatic heterocycles. The first-order valence-corrected chi connectivity index (χ1v) is 26.1. The average molecular weight is 870 g/mol. The topological polar surface area (TPSA) is 167 Å². The molecule has 0 fully saturated rings. The first-order chi connectivity index (χ1) is 29.1. The minimum absolute atomic E-state index is 0.0177. The van der Waals surface area contributed by atoms with Gasteiger partial charge >= 0.3 is 0 Å². The fourth-order valence-corrected chi connectivity index (χ4v) is 8.71. The van der Waals surface area contributed by atoms with Crippen molar-refractivity contribution < 1.29 is 27.2 Å². The number of benzene rings is 3. The maximum atomic E-state index is 12.8. The highest BCUT2D eigenvalue weighted by Gasteiger charge is 2.38. The lowest BCUT2D eigenvalue weighted by Crippen LogP contribution is -2.44. The molecule has 11 nitrogen and oxygen atoms in total. The van der Waals surface area contributed by atoms with Crippen LogP contribution in [0.4, 0.5) is 5.69 Å². The lowest BCUT2D eigenvalue weighted by Gasteiger charge is -2.39. The zero-order valence-corrected chi connectivity index (χ0v) is 38.7. The van der Waals surface area contributed by atoms with Crippen molar-refractivity contribution in [2.45, 2.75) is 146 Å². The monoisotopic (exact) mass is 869 g/mol. The van der Waals surface area contributed by atoms with Gasteiger partial charge in [-0.1, -0.05) is 124 Å². The van der Waals surface area contributed by atoms with Gasteiger partial charge < -0.3 is 9.74 Å². The Morgan fingerprint density at radius 3 is 1.89 bits per heavy atom. The Hall–Kier alpha value is -4.81. The second kappa shape index (κ2) is 26.5. The zero-order chi connectivity index (χ0) is 44.6. The van der Waals surface area contributed by atoms with Gasteiger partial charge in [0.2, 0.25) is 11.8 Å². The number of rotatable bonds is 28. The summed E-state index contributed by atoms with van der Waals surface area (Å²) in [6.07, 6.45) is 21.6. The number of carbonyl (C=O) groups is 3. The second-order valence-electron chi connectivity index (χ2n) is 17.0. The number of hydrogen-bond acceptors (Lipinski definition) is 7. The molecule has 13 heteroatoms. The third kappa shape index (κ3) is 19.6. The average Bonchev–Trinajstić information content (AvgIpc) is 3.22. The van der Waals surface area contributed by atoms with E-state index in [0.717, 1.165) is 44.1 Å². The Labute approximate surface area is 365 Å². The Bertz CT molecular complexity index is 2020. The molecule has 1 atom stereocenters. The molecule has 0 spiro atoms. The summed E-state index contributed by atoms with van der Waals surface area (Å²) in [5.74, 6) is -0.847. The predicted molar refractivity (Wildman–Crippen MR) is 249 cm³/mol. The first kappa shape index (κ1) is 50.5. The second-order valence-corrected chi connectivity index (χ2v) is 23.5. The number of ketones is 1. The minimum Gasteiger partial charge on any atom is -0.414 e. The summed E-state index contributed by atoms with van der Waals surface area (Å²) in [7, 11) is -5.95. The van der Waals surface area contributed by atoms with Crippen LogP contribution in [0.3, 0.4) is 0 Å². The van der Waals surface area contributed by atoms with Gasteiger partial charge in [0.25, 0.3) is 10.0 Å². The molecule has 330 valence electrons. The van der Waals surface area contributed by atoms with Gasteiger partial charge in [0, 0.05) is 34.6 Å². The van der Waals surface area contributed by atoms with Crippen LogP contribution in [0.1, 0.15) is 132 Å². The van der Waals surface area contributed by atoms with E-state index in [1.165, 1.54) is 49.9 Å². The van der Waals surface area contributed by atoms with E-state index >= 15 is 0 Å². The molecule has 3 aromatic carbocycles. The van der Waals surface area contributed by atoms with Crippen molar-refractivity contribution in [3.8, 4) is 0 Å². The van der Waals surface area contributed by atoms with E-state index in [1.807, 2.05) is 30.3 Å². The van der Waals surface area contributed by atoms with Crippen molar-refractivity contribution in [3.05, 3.63) is 130 Å². The lowest BCUT2D eigenvalue weighted by atomic mass is 10.0. The summed E-state index contributed by atoms with van der Waals surface area (Å²) in [5.41, 5.74) is 11.3. The standard InChI is InChI=1S/C48H67N5O6SSi/c1-48(2,3)61(4,5)59-43(38-50-53-49)26-22-17-15-13-11-9-7-6-8-10-12-14-16-18-23-27-46(55)52-60(57,58)44-35-33-42(34-36-44)51-45(54)37-30-39-28-31-41(32-29-39)47(56)40-24-20-19-21-25-40/h13-16,19-21,24-25,28-29,31-36,43H,6-12,17-18,22-23,26-27,30,37-38H2,1-5H3,(H,51,54)(H,52,55)/b15-13-,16-14-/t43-/m0/s1. The number of carbonyl (C=O) groups excluding carboxylic acids is 3. The van der Waals surface area contributed by atoms with Crippen LogP contribution >= 0.6 is 0 Å². The summed E-state index contributed by atoms with van der Waals surface area (Å²) in [5, 5.41) is 6.68. The number of azide groups is 1. The van der Waals surface area contributed by atoms with Crippen LogP contribution in [0.2, 0.25) is 18.1 Å². The van der Waals surface area contributed by atoms with Crippen molar-refractivity contribution in [1.82, 2.24) is 4.72 Å². The molecular formula is C48H67N5O6SSi. The quantitative estimate of drug-likeness (QED) is 0.0140. The number of sulfonamides is 1. The van der Waals surface area contributed by atoms with E-state index in [9.17, 15) is 22.8 Å². The SMILES string of the molecule is CC(C)(C)[Si](C)(C)O[C@@H](CCC/C=C\CCCCCCC/C=C\CCCC(=O)NS(=O)(=O)c1ccc(NC(=O)CCc2ccc(C(=O)c3ccccc3)cc2)cc1)CN=[N+]=[N-]. The zero-order valence-electron chi connectivity index (χ0n) is 36.9. The summed E-state index contributed by atoms with van der Waals surface area (Å²) in [4.78, 5) is 40.5. The van der Waals surface area contributed by atoms with E-state index in [2.05, 4.69) is 78.2 Å². The first-order valence-electron chi connectivity index (χ1n) is 21.7. The van der Waals surface area contributed by atoms with Crippen molar-refractivity contribution in [3.63, 3.8) is 0 Å². The molecule has 0 aliphatic rings. The molecule has 0 aliphatic heterocycles. The van der Waals surface area contributed by atoms with Gasteiger partial charge in [-0.3, -0.25) is 14.4 Å². The summed E-state index contributed by atoms with van der Waals surface area (Å²) in [6, 6.07) is 21.9.